The summed E-state index contributed by atoms with van der Waals surface area (Å²) in [6.07, 6.45) is -6.09. The summed E-state index contributed by atoms with van der Waals surface area (Å²) >= 11 is 0. The largest absolute Gasteiger partial charge is 0.427 e. The molecule has 3 amide bonds. The molecule has 0 spiro atoms. The van der Waals surface area contributed by atoms with Gasteiger partial charge >= 0.3 is 6.18 Å². The van der Waals surface area contributed by atoms with Gasteiger partial charge in [-0.3, -0.25) is 19.7 Å². The Morgan fingerprint density at radius 3 is 2.27 bits per heavy atom. The molecule has 170 valence electrons. The lowest BCUT2D eigenvalue weighted by Gasteiger charge is -2.29. The molecule has 2 aromatic rings. The average Bonchev–Trinajstić information content (AvgIpc) is 3.36. The fourth-order valence-electron chi connectivity index (χ4n) is 4.42. The van der Waals surface area contributed by atoms with Crippen LogP contribution in [0.25, 0.3) is 11.4 Å². The van der Waals surface area contributed by atoms with Crippen molar-refractivity contribution >= 4 is 29.1 Å². The molecule has 3 N–H and O–H groups in total. The number of carbonyl (C=O) groups is 3. The average molecular weight is 456 g/mol. The van der Waals surface area contributed by atoms with E-state index in [0.717, 1.165) is 0 Å². The number of hydrogen-bond acceptors (Lipinski definition) is 5. The Morgan fingerprint density at radius 1 is 0.909 bits per heavy atom. The fraction of sp³-hybridized carbons (Fsp3) is 0.261. The molecule has 10 heteroatoms. The van der Waals surface area contributed by atoms with Crippen LogP contribution in [0.5, 0.6) is 0 Å². The van der Waals surface area contributed by atoms with Gasteiger partial charge in [-0.05, 0) is 29.7 Å². The summed E-state index contributed by atoms with van der Waals surface area (Å²) in [6.45, 7) is 0.137. The Hall–Kier alpha value is -3.82. The minimum atomic E-state index is -4.52. The van der Waals surface area contributed by atoms with E-state index in [0.29, 0.717) is 28.0 Å². The van der Waals surface area contributed by atoms with Crippen molar-refractivity contribution in [2.24, 2.45) is 0 Å². The highest BCUT2D eigenvalue weighted by atomic mass is 19.4. The Morgan fingerprint density at radius 2 is 1.61 bits per heavy atom. The van der Waals surface area contributed by atoms with Gasteiger partial charge in [0.2, 0.25) is 11.8 Å². The predicted molar refractivity (Wildman–Crippen MR) is 112 cm³/mol. The zero-order chi connectivity index (χ0) is 23.3. The first kappa shape index (κ1) is 21.0. The summed E-state index contributed by atoms with van der Waals surface area (Å²) in [4.78, 5) is 38.0. The molecular formula is C23H19F3N4O3. The van der Waals surface area contributed by atoms with Gasteiger partial charge < -0.3 is 15.5 Å². The maximum absolute atomic E-state index is 13.5. The van der Waals surface area contributed by atoms with Crippen molar-refractivity contribution in [2.45, 2.75) is 37.8 Å². The van der Waals surface area contributed by atoms with Gasteiger partial charge in [-0.15, -0.1) is 0 Å². The number of nitrogens with zero attached hydrogens (tertiary/aromatic N) is 1. The van der Waals surface area contributed by atoms with Gasteiger partial charge in [0.15, 0.2) is 6.17 Å². The van der Waals surface area contributed by atoms with Crippen LogP contribution in [0.15, 0.2) is 48.5 Å². The number of hydrogen-bond donors (Lipinski definition) is 3. The van der Waals surface area contributed by atoms with E-state index in [1.165, 1.54) is 4.90 Å². The van der Waals surface area contributed by atoms with Crippen molar-refractivity contribution in [2.75, 3.05) is 0 Å². The maximum atomic E-state index is 13.5. The number of carbonyl (C=O) groups excluding carboxylic acids is 3. The third-order valence-corrected chi connectivity index (χ3v) is 6.03. The molecule has 3 aliphatic heterocycles. The molecule has 0 aliphatic carbocycles. The summed E-state index contributed by atoms with van der Waals surface area (Å²) in [7, 11) is 0. The maximum Gasteiger partial charge on any atom is 0.427 e. The molecule has 3 aliphatic rings. The molecule has 7 nitrogen and oxygen atoms in total. The number of halogens is 3. The lowest BCUT2D eigenvalue weighted by atomic mass is 10.0. The van der Waals surface area contributed by atoms with Crippen LogP contribution in [0.3, 0.4) is 0 Å². The van der Waals surface area contributed by atoms with Crippen LogP contribution in [0.1, 0.15) is 39.9 Å². The molecule has 2 atom stereocenters. The van der Waals surface area contributed by atoms with Crippen molar-refractivity contribution in [3.63, 3.8) is 0 Å². The van der Waals surface area contributed by atoms with E-state index in [2.05, 4.69) is 16.0 Å². The van der Waals surface area contributed by atoms with Crippen molar-refractivity contribution in [1.29, 1.82) is 0 Å². The minimum Gasteiger partial charge on any atom is -0.356 e. The van der Waals surface area contributed by atoms with Crippen LogP contribution in [0, 0.1) is 0 Å². The SMILES string of the molecule is O=C1CCC(N2Cc3cc(C4=C(c5ccccc5)NC(C(F)(F)F)N4)ccc3C2=O)C(=O)N1. The third kappa shape index (κ3) is 3.71. The highest BCUT2D eigenvalue weighted by Gasteiger charge is 2.45. The summed E-state index contributed by atoms with van der Waals surface area (Å²) in [5, 5.41) is 7.30. The lowest BCUT2D eigenvalue weighted by Crippen LogP contribution is -2.52. The quantitative estimate of drug-likeness (QED) is 0.617. The van der Waals surface area contributed by atoms with Gasteiger partial charge in [0.1, 0.15) is 6.04 Å². The molecule has 5 rings (SSSR count). The molecule has 1 fully saturated rings. The Kier molecular flexibility index (Phi) is 4.88. The number of nitrogens with one attached hydrogen (secondary N) is 3. The summed E-state index contributed by atoms with van der Waals surface area (Å²) in [5.41, 5.74) is 2.67. The van der Waals surface area contributed by atoms with Crippen LogP contribution in [0.2, 0.25) is 0 Å². The van der Waals surface area contributed by atoms with E-state index < -0.39 is 24.3 Å². The van der Waals surface area contributed by atoms with Crippen molar-refractivity contribution in [1.82, 2.24) is 20.9 Å². The second kappa shape index (κ2) is 7.65. The molecule has 3 heterocycles. The first-order chi connectivity index (χ1) is 15.7. The molecule has 2 unspecified atom stereocenters. The van der Waals surface area contributed by atoms with Crippen LogP contribution >= 0.6 is 0 Å². The van der Waals surface area contributed by atoms with Crippen LogP contribution in [-0.2, 0) is 16.1 Å². The van der Waals surface area contributed by atoms with Crippen LogP contribution in [-0.4, -0.2) is 41.0 Å². The van der Waals surface area contributed by atoms with Gasteiger partial charge in [-0.2, -0.15) is 13.2 Å². The highest BCUT2D eigenvalue weighted by Crippen LogP contribution is 2.35. The Labute approximate surface area is 186 Å². The van der Waals surface area contributed by atoms with Crippen LogP contribution in [0.4, 0.5) is 13.2 Å². The molecule has 1 saturated heterocycles. The smallest absolute Gasteiger partial charge is 0.356 e. The number of alkyl halides is 3. The van der Waals surface area contributed by atoms with E-state index in [4.69, 9.17) is 0 Å². The number of benzene rings is 2. The second-order valence-corrected chi connectivity index (χ2v) is 8.15. The standard InChI is InChI=1S/C23H19F3N4O3/c24-23(25,26)22-28-18(12-4-2-1-3-5-12)19(29-22)13-6-7-15-14(10-13)11-30(21(15)33)16-8-9-17(31)27-20(16)32/h1-7,10,16,22,28-29H,8-9,11H2,(H,27,31,32). The second-order valence-electron chi connectivity index (χ2n) is 8.15. The Bertz CT molecular complexity index is 1190. The van der Waals surface area contributed by atoms with Gasteiger partial charge in [0.05, 0.1) is 11.4 Å². The summed E-state index contributed by atoms with van der Waals surface area (Å²) < 4.78 is 40.4. The lowest BCUT2D eigenvalue weighted by molar-refractivity contribution is -0.155. The van der Waals surface area contributed by atoms with Gasteiger partial charge in [-0.1, -0.05) is 36.4 Å². The predicted octanol–water partition coefficient (Wildman–Crippen LogP) is 2.35. The minimum absolute atomic E-state index is 0.137. The third-order valence-electron chi connectivity index (χ3n) is 6.03. The first-order valence-electron chi connectivity index (χ1n) is 10.4. The van der Waals surface area contributed by atoms with Crippen molar-refractivity contribution in [3.05, 3.63) is 70.8 Å². The van der Waals surface area contributed by atoms with Crippen LogP contribution < -0.4 is 16.0 Å². The highest BCUT2D eigenvalue weighted by molar-refractivity contribution is 6.05. The summed E-state index contributed by atoms with van der Waals surface area (Å²) in [5.74, 6) is -1.23. The molecule has 0 saturated carbocycles. The zero-order valence-electron chi connectivity index (χ0n) is 17.2. The van der Waals surface area contributed by atoms with E-state index in [1.807, 2.05) is 0 Å². The van der Waals surface area contributed by atoms with E-state index in [-0.39, 0.29) is 36.9 Å². The molecule has 0 bridgehead atoms. The zero-order valence-corrected chi connectivity index (χ0v) is 17.2. The topological polar surface area (TPSA) is 90.5 Å². The molecular weight excluding hydrogens is 437 g/mol. The number of piperidine rings is 1. The number of amides is 3. The van der Waals surface area contributed by atoms with Crippen molar-refractivity contribution < 1.29 is 27.6 Å². The Balaban J connectivity index is 1.48. The van der Waals surface area contributed by atoms with Gasteiger partial charge in [-0.25, -0.2) is 0 Å². The molecule has 0 radical (unpaired) electrons. The summed E-state index contributed by atoms with van der Waals surface area (Å²) in [6, 6.07) is 12.8. The molecule has 33 heavy (non-hydrogen) atoms. The van der Waals surface area contributed by atoms with Gasteiger partial charge in [0.25, 0.3) is 5.91 Å². The fourth-order valence-corrected chi connectivity index (χ4v) is 4.42. The van der Waals surface area contributed by atoms with E-state index in [1.54, 1.807) is 48.5 Å². The van der Waals surface area contributed by atoms with Gasteiger partial charge in [0, 0.05) is 24.1 Å². The first-order valence-corrected chi connectivity index (χ1v) is 10.4. The number of imide groups is 1. The van der Waals surface area contributed by atoms with E-state index >= 15 is 0 Å². The number of rotatable bonds is 3. The van der Waals surface area contributed by atoms with E-state index in [9.17, 15) is 27.6 Å². The monoisotopic (exact) mass is 456 g/mol. The number of fused-ring (bicyclic) bond motifs is 1. The normalized spacial score (nSPS) is 22.8. The molecule has 2 aromatic carbocycles. The van der Waals surface area contributed by atoms with Crippen molar-refractivity contribution in [3.8, 4) is 0 Å². The molecule has 0 aromatic heterocycles.